The van der Waals surface area contributed by atoms with E-state index in [9.17, 15) is 14.4 Å². The van der Waals surface area contributed by atoms with Gasteiger partial charge in [0, 0.05) is 19.5 Å². The summed E-state index contributed by atoms with van der Waals surface area (Å²) >= 11 is 0. The largest absolute Gasteiger partial charge is 0.481 e. The Kier molecular flexibility index (Phi) is 9.15. The number of carbonyl (C=O) groups excluding carboxylic acids is 2. The molecular weight excluding hydrogens is 264 g/mol. The number of carboxylic acid groups (broad SMARTS) is 1. The fraction of sp³-hybridized carbons (Fsp3) is 0.769. The number of urea groups is 1. The molecule has 0 saturated carbocycles. The average Bonchev–Trinajstić information content (AvgIpc) is 2.35. The highest BCUT2D eigenvalue weighted by Gasteiger charge is 2.18. The summed E-state index contributed by atoms with van der Waals surface area (Å²) in [5.74, 6) is -1.51. The number of aliphatic carboxylic acids is 1. The molecule has 0 rings (SSSR count). The van der Waals surface area contributed by atoms with Crippen molar-refractivity contribution in [3.05, 3.63) is 0 Å². The summed E-state index contributed by atoms with van der Waals surface area (Å²) in [5.41, 5.74) is 0. The molecule has 2 amide bonds. The van der Waals surface area contributed by atoms with Gasteiger partial charge in [0.25, 0.3) is 0 Å². The minimum absolute atomic E-state index is 0.00800. The Morgan fingerprint density at radius 1 is 1.30 bits per heavy atom. The molecule has 0 spiro atoms. The minimum atomic E-state index is -0.899. The van der Waals surface area contributed by atoms with Gasteiger partial charge in [-0.25, -0.2) is 4.79 Å². The number of rotatable bonds is 9. The summed E-state index contributed by atoms with van der Waals surface area (Å²) in [6.07, 6.45) is 0.712. The topological polar surface area (TPSA) is 95.9 Å². The number of esters is 1. The second kappa shape index (κ2) is 10.1. The van der Waals surface area contributed by atoms with Crippen LogP contribution in [-0.2, 0) is 14.3 Å². The molecule has 0 aromatic carbocycles. The molecule has 0 bridgehead atoms. The van der Waals surface area contributed by atoms with Crippen molar-refractivity contribution in [3.63, 3.8) is 0 Å². The van der Waals surface area contributed by atoms with E-state index in [1.165, 1.54) is 4.90 Å². The first kappa shape index (κ1) is 18.2. The molecular formula is C13H24N2O5. The second-order valence-corrected chi connectivity index (χ2v) is 4.62. The van der Waals surface area contributed by atoms with Gasteiger partial charge in [0.15, 0.2) is 0 Å². The van der Waals surface area contributed by atoms with Crippen molar-refractivity contribution < 1.29 is 24.2 Å². The van der Waals surface area contributed by atoms with Gasteiger partial charge in [-0.15, -0.1) is 0 Å². The van der Waals surface area contributed by atoms with Crippen LogP contribution in [0.2, 0.25) is 0 Å². The third-order valence-corrected chi connectivity index (χ3v) is 2.53. The number of carbonyl (C=O) groups is 3. The van der Waals surface area contributed by atoms with E-state index in [0.29, 0.717) is 6.54 Å². The molecule has 0 heterocycles. The second-order valence-electron chi connectivity index (χ2n) is 4.62. The number of nitrogens with zero attached hydrogens (tertiary/aromatic N) is 1. The van der Waals surface area contributed by atoms with Crippen LogP contribution in [-0.4, -0.2) is 54.2 Å². The van der Waals surface area contributed by atoms with Crippen LogP contribution in [0.15, 0.2) is 0 Å². The Bertz CT molecular complexity index is 333. The van der Waals surface area contributed by atoms with Crippen LogP contribution in [0, 0.1) is 5.92 Å². The van der Waals surface area contributed by atoms with Gasteiger partial charge in [0.2, 0.25) is 0 Å². The Labute approximate surface area is 119 Å². The van der Waals surface area contributed by atoms with Gasteiger partial charge < -0.3 is 20.1 Å². The molecule has 116 valence electrons. The molecule has 0 aliphatic heterocycles. The quantitative estimate of drug-likeness (QED) is 0.619. The number of carboxylic acids is 1. The molecule has 0 saturated heterocycles. The highest BCUT2D eigenvalue weighted by atomic mass is 16.5. The molecule has 0 aliphatic rings. The van der Waals surface area contributed by atoms with Crippen molar-refractivity contribution in [3.8, 4) is 0 Å². The zero-order valence-corrected chi connectivity index (χ0v) is 12.3. The zero-order valence-electron chi connectivity index (χ0n) is 12.3. The minimum Gasteiger partial charge on any atom is -0.481 e. The SMILES string of the molecule is CCCN(CC(=O)OCC)C(=O)NCC(C)CC(=O)O. The van der Waals surface area contributed by atoms with Crippen LogP contribution in [0.3, 0.4) is 0 Å². The van der Waals surface area contributed by atoms with Crippen LogP contribution in [0.1, 0.15) is 33.6 Å². The first-order valence-electron chi connectivity index (χ1n) is 6.80. The first-order chi connectivity index (χ1) is 9.40. The normalized spacial score (nSPS) is 11.6. The van der Waals surface area contributed by atoms with Crippen LogP contribution in [0.5, 0.6) is 0 Å². The van der Waals surface area contributed by atoms with Gasteiger partial charge in [-0.05, 0) is 19.3 Å². The predicted molar refractivity (Wildman–Crippen MR) is 73.3 cm³/mol. The number of ether oxygens (including phenoxy) is 1. The Balaban J connectivity index is 4.27. The maximum atomic E-state index is 11.9. The number of nitrogens with one attached hydrogen (secondary N) is 1. The van der Waals surface area contributed by atoms with Crippen molar-refractivity contribution in [1.82, 2.24) is 10.2 Å². The monoisotopic (exact) mass is 288 g/mol. The van der Waals surface area contributed by atoms with E-state index in [1.807, 2.05) is 6.92 Å². The van der Waals surface area contributed by atoms with Crippen LogP contribution >= 0.6 is 0 Å². The average molecular weight is 288 g/mol. The number of amides is 2. The molecule has 0 radical (unpaired) electrons. The summed E-state index contributed by atoms with van der Waals surface area (Å²) < 4.78 is 4.81. The Morgan fingerprint density at radius 3 is 2.45 bits per heavy atom. The first-order valence-corrected chi connectivity index (χ1v) is 6.80. The lowest BCUT2D eigenvalue weighted by molar-refractivity contribution is -0.143. The molecule has 2 N–H and O–H groups in total. The lowest BCUT2D eigenvalue weighted by atomic mass is 10.1. The van der Waals surface area contributed by atoms with Crippen LogP contribution in [0.4, 0.5) is 4.79 Å². The lowest BCUT2D eigenvalue weighted by Crippen LogP contribution is -2.44. The Morgan fingerprint density at radius 2 is 1.95 bits per heavy atom. The third-order valence-electron chi connectivity index (χ3n) is 2.53. The predicted octanol–water partition coefficient (Wildman–Crippen LogP) is 1.08. The van der Waals surface area contributed by atoms with E-state index in [0.717, 1.165) is 6.42 Å². The van der Waals surface area contributed by atoms with Crippen molar-refractivity contribution >= 4 is 18.0 Å². The maximum Gasteiger partial charge on any atom is 0.325 e. The van der Waals surface area contributed by atoms with Gasteiger partial charge in [-0.3, -0.25) is 9.59 Å². The van der Waals surface area contributed by atoms with E-state index >= 15 is 0 Å². The van der Waals surface area contributed by atoms with E-state index in [-0.39, 0.29) is 38.1 Å². The van der Waals surface area contributed by atoms with Crippen molar-refractivity contribution in [2.45, 2.75) is 33.6 Å². The number of hydrogen-bond acceptors (Lipinski definition) is 4. The van der Waals surface area contributed by atoms with Gasteiger partial charge in [0.05, 0.1) is 6.61 Å². The zero-order chi connectivity index (χ0) is 15.5. The van der Waals surface area contributed by atoms with Crippen molar-refractivity contribution in [1.29, 1.82) is 0 Å². The molecule has 20 heavy (non-hydrogen) atoms. The smallest absolute Gasteiger partial charge is 0.325 e. The summed E-state index contributed by atoms with van der Waals surface area (Å²) in [5, 5.41) is 11.3. The van der Waals surface area contributed by atoms with E-state index < -0.39 is 11.9 Å². The highest BCUT2D eigenvalue weighted by Crippen LogP contribution is 2.01. The lowest BCUT2D eigenvalue weighted by Gasteiger charge is -2.22. The molecule has 1 unspecified atom stereocenters. The molecule has 7 nitrogen and oxygen atoms in total. The van der Waals surface area contributed by atoms with E-state index in [2.05, 4.69) is 5.32 Å². The highest BCUT2D eigenvalue weighted by molar-refractivity contribution is 5.81. The summed E-state index contributed by atoms with van der Waals surface area (Å²) in [7, 11) is 0. The fourth-order valence-corrected chi connectivity index (χ4v) is 1.63. The Hall–Kier alpha value is -1.79. The van der Waals surface area contributed by atoms with Crippen LogP contribution < -0.4 is 5.32 Å². The van der Waals surface area contributed by atoms with Gasteiger partial charge in [-0.2, -0.15) is 0 Å². The standard InChI is InChI=1S/C13H24N2O5/c1-4-6-15(9-12(18)20-5-2)13(19)14-8-10(3)7-11(16)17/h10H,4-9H2,1-3H3,(H,14,19)(H,16,17). The van der Waals surface area contributed by atoms with E-state index in [4.69, 9.17) is 9.84 Å². The molecule has 0 aromatic heterocycles. The fourth-order valence-electron chi connectivity index (χ4n) is 1.63. The van der Waals surface area contributed by atoms with Crippen molar-refractivity contribution in [2.75, 3.05) is 26.2 Å². The summed E-state index contributed by atoms with van der Waals surface area (Å²) in [6, 6.07) is -0.378. The molecule has 0 fully saturated rings. The molecule has 7 heteroatoms. The van der Waals surface area contributed by atoms with Gasteiger partial charge in [0.1, 0.15) is 6.54 Å². The van der Waals surface area contributed by atoms with Gasteiger partial charge in [-0.1, -0.05) is 13.8 Å². The third kappa shape index (κ3) is 8.34. The summed E-state index contributed by atoms with van der Waals surface area (Å²) in [4.78, 5) is 35.2. The number of hydrogen-bond donors (Lipinski definition) is 2. The molecule has 1 atom stereocenters. The van der Waals surface area contributed by atoms with E-state index in [1.54, 1.807) is 13.8 Å². The van der Waals surface area contributed by atoms with Crippen LogP contribution in [0.25, 0.3) is 0 Å². The summed E-state index contributed by atoms with van der Waals surface area (Å²) in [6.45, 7) is 6.22. The van der Waals surface area contributed by atoms with Crippen molar-refractivity contribution in [2.24, 2.45) is 5.92 Å². The molecule has 0 aromatic rings. The maximum absolute atomic E-state index is 11.9. The van der Waals surface area contributed by atoms with Gasteiger partial charge >= 0.3 is 18.0 Å². The molecule has 0 aliphatic carbocycles.